The molecule has 1 aliphatic carbocycles. The van der Waals surface area contributed by atoms with E-state index in [9.17, 15) is 4.79 Å². The van der Waals surface area contributed by atoms with Crippen LogP contribution in [0, 0.1) is 11.8 Å². The molecule has 2 aliphatic heterocycles. The van der Waals surface area contributed by atoms with Gasteiger partial charge in [-0.2, -0.15) is 0 Å². The van der Waals surface area contributed by atoms with Gasteiger partial charge in [0.1, 0.15) is 5.76 Å². The van der Waals surface area contributed by atoms with Crippen molar-refractivity contribution in [1.82, 2.24) is 15.0 Å². The van der Waals surface area contributed by atoms with E-state index in [1.54, 1.807) is 6.20 Å². The number of pyridine rings is 1. The standard InChI is InChI=1S/C20H23N3O4/c24-20(16-9-17(27-22-16)13-4-5-13)23-10-15-14(12-26-18(15)11-23)6-8-25-19-3-1-2-7-21-19/h1-3,7,9,13-15,18H,4-6,8,10-12H2/t14-,15-,18-/m0/s1. The lowest BCUT2D eigenvalue weighted by atomic mass is 9.91. The van der Waals surface area contributed by atoms with Gasteiger partial charge in [0.05, 0.1) is 19.3 Å². The molecule has 1 saturated carbocycles. The van der Waals surface area contributed by atoms with E-state index in [2.05, 4.69) is 10.1 Å². The minimum Gasteiger partial charge on any atom is -0.478 e. The molecule has 3 atom stereocenters. The summed E-state index contributed by atoms with van der Waals surface area (Å²) in [4.78, 5) is 18.8. The second-order valence-corrected chi connectivity index (χ2v) is 7.70. The maximum absolute atomic E-state index is 12.8. The molecule has 5 rings (SSSR count). The Balaban J connectivity index is 1.16. The zero-order valence-corrected chi connectivity index (χ0v) is 15.1. The summed E-state index contributed by atoms with van der Waals surface area (Å²) in [6, 6.07) is 7.45. The van der Waals surface area contributed by atoms with Crippen molar-refractivity contribution in [2.75, 3.05) is 26.3 Å². The number of carbonyl (C=O) groups is 1. The molecule has 2 aromatic rings. The lowest BCUT2D eigenvalue weighted by Crippen LogP contribution is -2.31. The number of aromatic nitrogens is 2. The van der Waals surface area contributed by atoms with Gasteiger partial charge in [-0.05, 0) is 31.2 Å². The summed E-state index contributed by atoms with van der Waals surface area (Å²) in [5.74, 6) is 2.66. The van der Waals surface area contributed by atoms with Crippen molar-refractivity contribution in [3.8, 4) is 5.88 Å². The molecule has 27 heavy (non-hydrogen) atoms. The highest BCUT2D eigenvalue weighted by Crippen LogP contribution is 2.40. The molecule has 2 saturated heterocycles. The van der Waals surface area contributed by atoms with Crippen molar-refractivity contribution in [1.29, 1.82) is 0 Å². The SMILES string of the molecule is O=C(c1cc(C2CC2)on1)N1C[C@H]2[C@@H](CCOc3ccccn3)CO[C@H]2C1. The van der Waals surface area contributed by atoms with E-state index in [1.807, 2.05) is 29.2 Å². The first kappa shape index (κ1) is 16.7. The van der Waals surface area contributed by atoms with Crippen molar-refractivity contribution in [3.63, 3.8) is 0 Å². The number of fused-ring (bicyclic) bond motifs is 1. The Kier molecular flexibility index (Phi) is 4.32. The fraction of sp³-hybridized carbons (Fsp3) is 0.550. The third-order valence-corrected chi connectivity index (χ3v) is 5.83. The molecule has 0 N–H and O–H groups in total. The Morgan fingerprint density at radius 1 is 1.30 bits per heavy atom. The summed E-state index contributed by atoms with van der Waals surface area (Å²) in [5.41, 5.74) is 0.423. The molecule has 7 nitrogen and oxygen atoms in total. The summed E-state index contributed by atoms with van der Waals surface area (Å²) < 4.78 is 17.0. The number of ether oxygens (including phenoxy) is 2. The highest BCUT2D eigenvalue weighted by Gasteiger charge is 2.45. The van der Waals surface area contributed by atoms with E-state index < -0.39 is 0 Å². The Labute approximate surface area is 157 Å². The van der Waals surface area contributed by atoms with Gasteiger partial charge in [0, 0.05) is 43.3 Å². The number of carbonyl (C=O) groups excluding carboxylic acids is 1. The van der Waals surface area contributed by atoms with Gasteiger partial charge >= 0.3 is 0 Å². The van der Waals surface area contributed by atoms with Crippen LogP contribution >= 0.6 is 0 Å². The quantitative estimate of drug-likeness (QED) is 0.779. The summed E-state index contributed by atoms with van der Waals surface area (Å²) in [5, 5.41) is 3.98. The Bertz CT molecular complexity index is 805. The maximum atomic E-state index is 12.8. The molecule has 7 heteroatoms. The first-order valence-electron chi connectivity index (χ1n) is 9.69. The molecule has 142 valence electrons. The van der Waals surface area contributed by atoms with Crippen LogP contribution in [0.15, 0.2) is 35.0 Å². The molecule has 4 heterocycles. The van der Waals surface area contributed by atoms with Gasteiger partial charge in [-0.1, -0.05) is 11.2 Å². The number of rotatable bonds is 6. The third-order valence-electron chi connectivity index (χ3n) is 5.83. The zero-order valence-electron chi connectivity index (χ0n) is 15.1. The second kappa shape index (κ2) is 6.96. The van der Waals surface area contributed by atoms with Gasteiger partial charge < -0.3 is 18.9 Å². The van der Waals surface area contributed by atoms with Crippen LogP contribution in [-0.2, 0) is 4.74 Å². The summed E-state index contributed by atoms with van der Waals surface area (Å²) in [6.07, 6.45) is 5.00. The van der Waals surface area contributed by atoms with Gasteiger partial charge in [-0.25, -0.2) is 4.98 Å². The highest BCUT2D eigenvalue weighted by molar-refractivity contribution is 5.92. The number of nitrogens with zero attached hydrogens (tertiary/aromatic N) is 3. The molecule has 1 amide bonds. The van der Waals surface area contributed by atoms with Crippen molar-refractivity contribution in [2.45, 2.75) is 31.3 Å². The molecule has 2 aromatic heterocycles. The molecule has 0 radical (unpaired) electrons. The van der Waals surface area contributed by atoms with Crippen LogP contribution in [0.25, 0.3) is 0 Å². The Morgan fingerprint density at radius 2 is 2.22 bits per heavy atom. The van der Waals surface area contributed by atoms with E-state index in [0.29, 0.717) is 49.0 Å². The predicted molar refractivity (Wildman–Crippen MR) is 95.5 cm³/mol. The van der Waals surface area contributed by atoms with Gasteiger partial charge in [-0.15, -0.1) is 0 Å². The second-order valence-electron chi connectivity index (χ2n) is 7.70. The summed E-state index contributed by atoms with van der Waals surface area (Å²) >= 11 is 0. The topological polar surface area (TPSA) is 77.7 Å². The molecule has 3 fully saturated rings. The predicted octanol–water partition coefficient (Wildman–Crippen LogP) is 2.50. The van der Waals surface area contributed by atoms with Crippen LogP contribution in [0.4, 0.5) is 0 Å². The van der Waals surface area contributed by atoms with Crippen LogP contribution in [0.5, 0.6) is 5.88 Å². The van der Waals surface area contributed by atoms with Crippen LogP contribution in [0.2, 0.25) is 0 Å². The fourth-order valence-electron chi connectivity index (χ4n) is 4.12. The molecule has 0 unspecified atom stereocenters. The average molecular weight is 369 g/mol. The van der Waals surface area contributed by atoms with E-state index >= 15 is 0 Å². The zero-order chi connectivity index (χ0) is 18.2. The third kappa shape index (κ3) is 3.43. The largest absolute Gasteiger partial charge is 0.478 e. The van der Waals surface area contributed by atoms with E-state index in [4.69, 9.17) is 14.0 Å². The first-order chi connectivity index (χ1) is 13.3. The van der Waals surface area contributed by atoms with Crippen molar-refractivity contribution in [2.24, 2.45) is 11.8 Å². The molecule has 0 bridgehead atoms. The fourth-order valence-corrected chi connectivity index (χ4v) is 4.12. The average Bonchev–Trinajstić information content (AvgIpc) is 3.12. The molecular formula is C20H23N3O4. The molecule has 0 spiro atoms. The first-order valence-corrected chi connectivity index (χ1v) is 9.69. The Morgan fingerprint density at radius 3 is 3.04 bits per heavy atom. The van der Waals surface area contributed by atoms with Crippen LogP contribution in [0.1, 0.15) is 41.4 Å². The highest BCUT2D eigenvalue weighted by atomic mass is 16.5. The number of hydrogen-bond donors (Lipinski definition) is 0. The van der Waals surface area contributed by atoms with E-state index in [0.717, 1.165) is 31.6 Å². The summed E-state index contributed by atoms with van der Waals surface area (Å²) in [6.45, 7) is 2.69. The summed E-state index contributed by atoms with van der Waals surface area (Å²) in [7, 11) is 0. The van der Waals surface area contributed by atoms with Crippen LogP contribution in [0.3, 0.4) is 0 Å². The van der Waals surface area contributed by atoms with Crippen molar-refractivity contribution < 1.29 is 18.8 Å². The monoisotopic (exact) mass is 369 g/mol. The minimum atomic E-state index is -0.0489. The maximum Gasteiger partial charge on any atom is 0.276 e. The normalized spacial score (nSPS) is 27.0. The van der Waals surface area contributed by atoms with Crippen LogP contribution < -0.4 is 4.74 Å². The minimum absolute atomic E-state index is 0.0489. The Hall–Kier alpha value is -2.41. The van der Waals surface area contributed by atoms with Crippen molar-refractivity contribution >= 4 is 5.91 Å². The lowest BCUT2D eigenvalue weighted by Gasteiger charge is -2.19. The van der Waals surface area contributed by atoms with E-state index in [-0.39, 0.29) is 12.0 Å². The molecule has 0 aromatic carbocycles. The number of amides is 1. The molecular weight excluding hydrogens is 346 g/mol. The number of hydrogen-bond acceptors (Lipinski definition) is 6. The lowest BCUT2D eigenvalue weighted by molar-refractivity contribution is 0.0663. The van der Waals surface area contributed by atoms with Crippen molar-refractivity contribution in [3.05, 3.63) is 41.9 Å². The number of likely N-dealkylation sites (tertiary alicyclic amines) is 1. The smallest absolute Gasteiger partial charge is 0.276 e. The van der Waals surface area contributed by atoms with E-state index in [1.165, 1.54) is 0 Å². The van der Waals surface area contributed by atoms with Gasteiger partial charge in [0.25, 0.3) is 5.91 Å². The van der Waals surface area contributed by atoms with Gasteiger partial charge in [0.15, 0.2) is 5.69 Å². The van der Waals surface area contributed by atoms with Gasteiger partial charge in [0.2, 0.25) is 5.88 Å². The van der Waals surface area contributed by atoms with Gasteiger partial charge in [-0.3, -0.25) is 4.79 Å². The van der Waals surface area contributed by atoms with Crippen LogP contribution in [-0.4, -0.2) is 53.4 Å². The molecule has 3 aliphatic rings.